The van der Waals surface area contributed by atoms with Gasteiger partial charge < -0.3 is 4.74 Å². The van der Waals surface area contributed by atoms with E-state index in [0.717, 1.165) is 11.3 Å². The molecule has 2 aromatic rings. The van der Waals surface area contributed by atoms with Gasteiger partial charge in [0, 0.05) is 32.5 Å². The number of rotatable bonds is 6. The second-order valence-corrected chi connectivity index (χ2v) is 7.77. The number of imidazole rings is 1. The monoisotopic (exact) mass is 432 g/mol. The first-order valence-electron chi connectivity index (χ1n) is 7.73. The highest BCUT2D eigenvalue weighted by atomic mass is 35.5. The average molecular weight is 433 g/mol. The Morgan fingerprint density at radius 3 is 2.63 bits per heavy atom. The molecule has 1 aliphatic heterocycles. The number of halogens is 6. The number of ketones is 1. The molecule has 1 saturated heterocycles. The van der Waals surface area contributed by atoms with Crippen LogP contribution in [0, 0.1) is 5.92 Å². The molecule has 0 spiro atoms. The van der Waals surface area contributed by atoms with Gasteiger partial charge in [0.15, 0.2) is 11.5 Å². The number of hydrogen-bond acceptors (Lipinski definition) is 6. The van der Waals surface area contributed by atoms with Gasteiger partial charge in [-0.25, -0.2) is 4.98 Å². The first kappa shape index (κ1) is 20.4. The maximum Gasteiger partial charge on any atom is 0.435 e. The number of nitrogens with zero attached hydrogens (tertiary/aromatic N) is 4. The molecule has 13 heteroatoms. The molecule has 0 saturated carbocycles. The third-order valence-electron chi connectivity index (χ3n) is 4.02. The Morgan fingerprint density at radius 2 is 2.04 bits per heavy atom. The fraction of sp³-hybridized carbons (Fsp3) is 0.643. The molecular formula is C14H14ClF5N4O2S. The Hall–Kier alpha value is -1.37. The van der Waals surface area contributed by atoms with Crippen molar-refractivity contribution in [3.8, 4) is 0 Å². The molecule has 150 valence electrons. The lowest BCUT2D eigenvalue weighted by atomic mass is 10.0. The quantitative estimate of drug-likeness (QED) is 0.518. The van der Waals surface area contributed by atoms with Crippen LogP contribution in [0.4, 0.5) is 22.0 Å². The zero-order valence-corrected chi connectivity index (χ0v) is 15.5. The number of hydrogen-bond donors (Lipinski definition) is 0. The topological polar surface area (TPSA) is 59.7 Å². The van der Waals surface area contributed by atoms with Gasteiger partial charge in [-0.2, -0.15) is 31.6 Å². The smallest absolute Gasteiger partial charge is 0.377 e. The minimum Gasteiger partial charge on any atom is -0.377 e. The molecule has 1 atom stereocenters. The van der Waals surface area contributed by atoms with Crippen molar-refractivity contribution in [3.63, 3.8) is 0 Å². The lowest BCUT2D eigenvalue weighted by Crippen LogP contribution is -2.24. The van der Waals surface area contributed by atoms with Crippen LogP contribution >= 0.6 is 22.9 Å². The predicted molar refractivity (Wildman–Crippen MR) is 85.8 cm³/mol. The Morgan fingerprint density at radius 1 is 1.33 bits per heavy atom. The second-order valence-electron chi connectivity index (χ2n) is 6.18. The summed E-state index contributed by atoms with van der Waals surface area (Å²) in [6.07, 6.45) is -5.57. The van der Waals surface area contributed by atoms with Gasteiger partial charge in [0.05, 0.1) is 18.8 Å². The van der Waals surface area contributed by atoms with Crippen molar-refractivity contribution >= 4 is 33.7 Å². The van der Waals surface area contributed by atoms with E-state index < -0.39 is 35.4 Å². The molecule has 6 nitrogen and oxygen atoms in total. The van der Waals surface area contributed by atoms with Crippen LogP contribution in [0.25, 0.3) is 4.96 Å². The summed E-state index contributed by atoms with van der Waals surface area (Å²) in [7, 11) is 1.39. The number of ether oxygens (including phenoxy) is 1. The van der Waals surface area contributed by atoms with E-state index in [0.29, 0.717) is 9.52 Å². The molecule has 0 radical (unpaired) electrons. The number of aromatic nitrogens is 3. The molecule has 1 aliphatic rings. The van der Waals surface area contributed by atoms with E-state index in [2.05, 4.69) is 10.1 Å². The van der Waals surface area contributed by atoms with Gasteiger partial charge in [-0.15, -0.1) is 0 Å². The minimum absolute atomic E-state index is 0.0405. The summed E-state index contributed by atoms with van der Waals surface area (Å²) in [5, 5.41) is 0.664. The standard InChI is InChI=1S/C14H14ClF5N4O2S/c1-26-6-10-22-24-11(14(18,19)20)8(21-12(24)27-10)4-23-3-7(9(25)5-23)2-13(15,16)17/h7H,2-6H2,1H3/t7-/m1/s1. The van der Waals surface area contributed by atoms with E-state index >= 15 is 0 Å². The van der Waals surface area contributed by atoms with Crippen molar-refractivity contribution in [2.24, 2.45) is 5.92 Å². The van der Waals surface area contributed by atoms with Crippen LogP contribution in [-0.4, -0.2) is 50.9 Å². The van der Waals surface area contributed by atoms with Gasteiger partial charge in [-0.1, -0.05) is 11.3 Å². The minimum atomic E-state index is -4.72. The third-order valence-corrected chi connectivity index (χ3v) is 5.05. The maximum absolute atomic E-state index is 13.5. The molecule has 0 aromatic carbocycles. The fourth-order valence-electron chi connectivity index (χ4n) is 3.02. The van der Waals surface area contributed by atoms with Gasteiger partial charge >= 0.3 is 11.6 Å². The summed E-state index contributed by atoms with van der Waals surface area (Å²) in [6, 6.07) is 0. The molecule has 0 bridgehead atoms. The summed E-state index contributed by atoms with van der Waals surface area (Å²) < 4.78 is 72.0. The summed E-state index contributed by atoms with van der Waals surface area (Å²) in [5.74, 6) is -1.51. The van der Waals surface area contributed by atoms with Crippen LogP contribution in [0.15, 0.2) is 0 Å². The largest absolute Gasteiger partial charge is 0.435 e. The van der Waals surface area contributed by atoms with E-state index in [1.54, 1.807) is 0 Å². The summed E-state index contributed by atoms with van der Waals surface area (Å²) in [6.45, 7) is -0.593. The van der Waals surface area contributed by atoms with Crippen molar-refractivity contribution in [1.29, 1.82) is 0 Å². The SMILES string of the molecule is COCc1nn2c(C(F)(F)F)c(CN3CC(=O)[C@H](CC(F)(F)Cl)C3)nc2s1. The number of carbonyl (C=O) groups is 1. The van der Waals surface area contributed by atoms with Gasteiger partial charge in [0.1, 0.15) is 5.01 Å². The van der Waals surface area contributed by atoms with E-state index in [1.807, 2.05) is 0 Å². The van der Waals surface area contributed by atoms with Crippen LogP contribution in [0.1, 0.15) is 22.8 Å². The molecule has 1 fully saturated rings. The molecule has 0 unspecified atom stereocenters. The normalized spacial score (nSPS) is 19.5. The summed E-state index contributed by atoms with van der Waals surface area (Å²) in [5.41, 5.74) is -1.36. The molecular weight excluding hydrogens is 419 g/mol. The van der Waals surface area contributed by atoms with Crippen molar-refractivity contribution in [3.05, 3.63) is 16.4 Å². The maximum atomic E-state index is 13.5. The van der Waals surface area contributed by atoms with Gasteiger partial charge in [0.25, 0.3) is 0 Å². The Bertz CT molecular complexity index is 847. The van der Waals surface area contributed by atoms with Crippen molar-refractivity contribution in [2.45, 2.75) is 31.1 Å². The van der Waals surface area contributed by atoms with Gasteiger partial charge in [0.2, 0.25) is 4.96 Å². The summed E-state index contributed by atoms with van der Waals surface area (Å²) in [4.78, 5) is 17.2. The van der Waals surface area contributed by atoms with E-state index in [4.69, 9.17) is 16.3 Å². The zero-order valence-electron chi connectivity index (χ0n) is 13.9. The van der Waals surface area contributed by atoms with Crippen molar-refractivity contribution in [2.75, 3.05) is 20.2 Å². The highest BCUT2D eigenvalue weighted by molar-refractivity contribution is 7.16. The van der Waals surface area contributed by atoms with Crippen LogP contribution in [0.2, 0.25) is 0 Å². The first-order chi connectivity index (χ1) is 12.5. The fourth-order valence-corrected chi connectivity index (χ4v) is 4.09. The summed E-state index contributed by atoms with van der Waals surface area (Å²) >= 11 is 5.82. The lowest BCUT2D eigenvalue weighted by molar-refractivity contribution is -0.143. The molecule has 0 amide bonds. The molecule has 0 aliphatic carbocycles. The van der Waals surface area contributed by atoms with E-state index in [-0.39, 0.29) is 36.9 Å². The Kier molecular flexibility index (Phi) is 5.45. The van der Waals surface area contributed by atoms with Crippen LogP contribution in [0.3, 0.4) is 0 Å². The van der Waals surface area contributed by atoms with Crippen molar-refractivity contribution < 1.29 is 31.5 Å². The number of likely N-dealkylation sites (tertiary alicyclic amines) is 1. The van der Waals surface area contributed by atoms with Crippen molar-refractivity contribution in [1.82, 2.24) is 19.5 Å². The first-order valence-corrected chi connectivity index (χ1v) is 8.92. The van der Waals surface area contributed by atoms with E-state index in [1.165, 1.54) is 12.0 Å². The molecule has 27 heavy (non-hydrogen) atoms. The second kappa shape index (κ2) is 7.22. The number of alkyl halides is 6. The van der Waals surface area contributed by atoms with Gasteiger partial charge in [-0.3, -0.25) is 9.69 Å². The van der Waals surface area contributed by atoms with Crippen LogP contribution < -0.4 is 0 Å². The third kappa shape index (κ3) is 4.55. The van der Waals surface area contributed by atoms with E-state index in [9.17, 15) is 26.7 Å². The highest BCUT2D eigenvalue weighted by Gasteiger charge is 2.42. The van der Waals surface area contributed by atoms with Crippen LogP contribution in [0.5, 0.6) is 0 Å². The Balaban J connectivity index is 1.85. The van der Waals surface area contributed by atoms with Crippen LogP contribution in [-0.2, 0) is 28.9 Å². The predicted octanol–water partition coefficient (Wildman–Crippen LogP) is 3.18. The number of fused-ring (bicyclic) bond motifs is 1. The molecule has 2 aromatic heterocycles. The number of Topliss-reactive ketones (excluding diaryl/α,β-unsaturated/α-hetero) is 1. The average Bonchev–Trinajstić information content (AvgIpc) is 3.10. The molecule has 3 heterocycles. The highest BCUT2D eigenvalue weighted by Crippen LogP contribution is 2.36. The molecule has 0 N–H and O–H groups in total. The molecule has 3 rings (SSSR count). The lowest BCUT2D eigenvalue weighted by Gasteiger charge is -2.16. The zero-order chi connectivity index (χ0) is 20.0. The number of methoxy groups -OCH3 is 1. The number of carbonyl (C=O) groups excluding carboxylic acids is 1. The Labute approximate surface area is 158 Å². The van der Waals surface area contributed by atoms with Gasteiger partial charge in [-0.05, 0) is 11.6 Å².